The molecule has 0 aliphatic rings. The molecule has 1 unspecified atom stereocenters. The van der Waals surface area contributed by atoms with Gasteiger partial charge in [0.15, 0.2) is 0 Å². The molecular formula is C17H19FN2O. The number of carbonyl (C=O) groups is 1. The number of carbonyl (C=O) groups excluding carboxylic acids is 1. The Morgan fingerprint density at radius 3 is 2.29 bits per heavy atom. The van der Waals surface area contributed by atoms with Crippen LogP contribution in [0.5, 0.6) is 0 Å². The zero-order valence-electron chi connectivity index (χ0n) is 12.4. The van der Waals surface area contributed by atoms with Crippen LogP contribution in [0, 0.1) is 19.7 Å². The Labute approximate surface area is 124 Å². The first kappa shape index (κ1) is 15.0. The van der Waals surface area contributed by atoms with Gasteiger partial charge >= 0.3 is 0 Å². The number of hydrogen-bond acceptors (Lipinski definition) is 2. The van der Waals surface area contributed by atoms with Gasteiger partial charge < -0.3 is 11.1 Å². The van der Waals surface area contributed by atoms with Crippen LogP contribution in [0.4, 0.5) is 10.1 Å². The molecule has 2 aromatic rings. The van der Waals surface area contributed by atoms with E-state index in [-0.39, 0.29) is 5.82 Å². The van der Waals surface area contributed by atoms with Crippen LogP contribution < -0.4 is 11.1 Å². The monoisotopic (exact) mass is 286 g/mol. The van der Waals surface area contributed by atoms with E-state index < -0.39 is 11.4 Å². The van der Waals surface area contributed by atoms with Crippen LogP contribution in [-0.4, -0.2) is 5.91 Å². The van der Waals surface area contributed by atoms with E-state index in [0.717, 1.165) is 11.3 Å². The minimum atomic E-state index is -1.18. The average molecular weight is 286 g/mol. The second-order valence-corrected chi connectivity index (χ2v) is 5.44. The van der Waals surface area contributed by atoms with Crippen LogP contribution in [-0.2, 0) is 10.3 Å². The fourth-order valence-electron chi connectivity index (χ4n) is 2.11. The van der Waals surface area contributed by atoms with E-state index in [1.165, 1.54) is 6.07 Å². The van der Waals surface area contributed by atoms with Gasteiger partial charge in [-0.2, -0.15) is 0 Å². The highest BCUT2D eigenvalue weighted by Gasteiger charge is 2.33. The zero-order chi connectivity index (χ0) is 15.6. The quantitative estimate of drug-likeness (QED) is 0.906. The maximum absolute atomic E-state index is 13.8. The van der Waals surface area contributed by atoms with E-state index in [9.17, 15) is 9.18 Å². The maximum Gasteiger partial charge on any atom is 0.247 e. The van der Waals surface area contributed by atoms with Crippen LogP contribution in [0.3, 0.4) is 0 Å². The third-order valence-corrected chi connectivity index (χ3v) is 3.69. The van der Waals surface area contributed by atoms with Crippen molar-refractivity contribution < 1.29 is 9.18 Å². The number of aryl methyl sites for hydroxylation is 2. The van der Waals surface area contributed by atoms with E-state index in [4.69, 9.17) is 5.73 Å². The molecule has 110 valence electrons. The molecule has 3 N–H and O–H groups in total. The van der Waals surface area contributed by atoms with E-state index in [2.05, 4.69) is 5.32 Å². The predicted octanol–water partition coefficient (Wildman–Crippen LogP) is 3.26. The molecule has 0 saturated carbocycles. The first-order valence-electron chi connectivity index (χ1n) is 6.74. The predicted molar refractivity (Wildman–Crippen MR) is 82.5 cm³/mol. The first-order valence-corrected chi connectivity index (χ1v) is 6.74. The summed E-state index contributed by atoms with van der Waals surface area (Å²) in [4.78, 5) is 11.9. The Kier molecular flexibility index (Phi) is 3.98. The Hall–Kier alpha value is -2.36. The molecule has 0 heterocycles. The zero-order valence-corrected chi connectivity index (χ0v) is 12.4. The van der Waals surface area contributed by atoms with Crippen molar-refractivity contribution in [3.8, 4) is 0 Å². The van der Waals surface area contributed by atoms with Crippen LogP contribution in [0.15, 0.2) is 42.5 Å². The molecule has 1 amide bonds. The van der Waals surface area contributed by atoms with Gasteiger partial charge in [-0.25, -0.2) is 4.39 Å². The molecule has 2 rings (SSSR count). The van der Waals surface area contributed by atoms with Gasteiger partial charge in [0.25, 0.3) is 0 Å². The van der Waals surface area contributed by atoms with Crippen molar-refractivity contribution in [3.63, 3.8) is 0 Å². The highest BCUT2D eigenvalue weighted by molar-refractivity contribution is 5.89. The normalized spacial score (nSPS) is 13.5. The maximum atomic E-state index is 13.8. The Balaban J connectivity index is 2.42. The summed E-state index contributed by atoms with van der Waals surface area (Å²) in [5, 5.41) is 3.10. The Morgan fingerprint density at radius 1 is 1.14 bits per heavy atom. The number of primary amides is 1. The molecule has 1 atom stereocenters. The summed E-state index contributed by atoms with van der Waals surface area (Å²) in [6.07, 6.45) is 0. The van der Waals surface area contributed by atoms with Gasteiger partial charge in [-0.3, -0.25) is 4.79 Å². The Bertz CT molecular complexity index is 667. The van der Waals surface area contributed by atoms with Crippen molar-refractivity contribution in [1.82, 2.24) is 0 Å². The number of anilines is 1. The standard InChI is InChI=1S/C17H19FN2O/c1-11-4-8-14(9-5-11)20-17(3,16(19)21)13-7-6-12(2)15(18)10-13/h4-10,20H,1-3H3,(H2,19,21). The smallest absolute Gasteiger partial charge is 0.247 e. The number of nitrogens with one attached hydrogen (secondary N) is 1. The summed E-state index contributed by atoms with van der Waals surface area (Å²) < 4.78 is 13.8. The summed E-state index contributed by atoms with van der Waals surface area (Å²) in [6.45, 7) is 5.31. The van der Waals surface area contributed by atoms with Crippen molar-refractivity contribution in [3.05, 3.63) is 65.0 Å². The minimum Gasteiger partial charge on any atom is -0.368 e. The lowest BCUT2D eigenvalue weighted by Crippen LogP contribution is -2.45. The molecule has 0 aliphatic carbocycles. The van der Waals surface area contributed by atoms with Gasteiger partial charge in [0.2, 0.25) is 5.91 Å². The summed E-state index contributed by atoms with van der Waals surface area (Å²) in [6, 6.07) is 12.3. The fraction of sp³-hybridized carbons (Fsp3) is 0.235. The van der Waals surface area contributed by atoms with Crippen molar-refractivity contribution in [2.45, 2.75) is 26.3 Å². The second kappa shape index (κ2) is 5.56. The molecular weight excluding hydrogens is 267 g/mol. The van der Waals surface area contributed by atoms with Crippen molar-refractivity contribution in [1.29, 1.82) is 0 Å². The first-order chi connectivity index (χ1) is 9.83. The number of nitrogens with two attached hydrogens (primary N) is 1. The molecule has 4 heteroatoms. The lowest BCUT2D eigenvalue weighted by atomic mass is 9.90. The third kappa shape index (κ3) is 3.05. The van der Waals surface area contributed by atoms with Gasteiger partial charge in [0.1, 0.15) is 11.4 Å². The lowest BCUT2D eigenvalue weighted by Gasteiger charge is -2.29. The van der Waals surface area contributed by atoms with E-state index in [1.54, 1.807) is 26.0 Å². The molecule has 2 aromatic carbocycles. The van der Waals surface area contributed by atoms with Crippen molar-refractivity contribution in [2.24, 2.45) is 5.73 Å². The van der Waals surface area contributed by atoms with Crippen LogP contribution in [0.2, 0.25) is 0 Å². The largest absolute Gasteiger partial charge is 0.368 e. The fourth-order valence-corrected chi connectivity index (χ4v) is 2.11. The minimum absolute atomic E-state index is 0.356. The summed E-state index contributed by atoms with van der Waals surface area (Å²) in [7, 11) is 0. The van der Waals surface area contributed by atoms with Gasteiger partial charge in [-0.1, -0.05) is 29.8 Å². The summed E-state index contributed by atoms with van der Waals surface area (Å²) in [5.74, 6) is -0.919. The van der Waals surface area contributed by atoms with Gasteiger partial charge in [-0.15, -0.1) is 0 Å². The van der Waals surface area contributed by atoms with Gasteiger partial charge in [0, 0.05) is 5.69 Å². The molecule has 0 spiro atoms. The van der Waals surface area contributed by atoms with Crippen LogP contribution >= 0.6 is 0 Å². The highest BCUT2D eigenvalue weighted by Crippen LogP contribution is 2.27. The number of halogens is 1. The lowest BCUT2D eigenvalue weighted by molar-refractivity contribution is -0.122. The van der Waals surface area contributed by atoms with Crippen LogP contribution in [0.25, 0.3) is 0 Å². The molecule has 0 aliphatic heterocycles. The number of hydrogen-bond donors (Lipinski definition) is 2. The Morgan fingerprint density at radius 2 is 1.76 bits per heavy atom. The second-order valence-electron chi connectivity index (χ2n) is 5.44. The van der Waals surface area contributed by atoms with Crippen molar-refractivity contribution in [2.75, 3.05) is 5.32 Å². The van der Waals surface area contributed by atoms with Crippen LogP contribution in [0.1, 0.15) is 23.6 Å². The molecule has 3 nitrogen and oxygen atoms in total. The summed E-state index contributed by atoms with van der Waals surface area (Å²) in [5.41, 5.74) is 7.26. The van der Waals surface area contributed by atoms with Crippen molar-refractivity contribution >= 4 is 11.6 Å². The number of amides is 1. The average Bonchev–Trinajstić information content (AvgIpc) is 2.44. The SMILES string of the molecule is Cc1ccc(NC(C)(C(N)=O)c2ccc(C)c(F)c2)cc1. The van der Waals surface area contributed by atoms with E-state index in [1.807, 2.05) is 31.2 Å². The van der Waals surface area contributed by atoms with E-state index >= 15 is 0 Å². The molecule has 0 radical (unpaired) electrons. The number of rotatable bonds is 4. The highest BCUT2D eigenvalue weighted by atomic mass is 19.1. The summed E-state index contributed by atoms with van der Waals surface area (Å²) >= 11 is 0. The van der Waals surface area contributed by atoms with Gasteiger partial charge in [0.05, 0.1) is 0 Å². The third-order valence-electron chi connectivity index (χ3n) is 3.69. The molecule has 0 bridgehead atoms. The molecule has 0 fully saturated rings. The van der Waals surface area contributed by atoms with Gasteiger partial charge in [-0.05, 0) is 50.1 Å². The topological polar surface area (TPSA) is 55.1 Å². The molecule has 21 heavy (non-hydrogen) atoms. The number of benzene rings is 2. The van der Waals surface area contributed by atoms with E-state index in [0.29, 0.717) is 11.1 Å². The molecule has 0 saturated heterocycles. The molecule has 0 aromatic heterocycles.